The Morgan fingerprint density at radius 1 is 0.857 bits per heavy atom. The minimum absolute atomic E-state index is 0.196. The lowest BCUT2D eigenvalue weighted by molar-refractivity contribution is -0.110. The molecular formula is C23H19N3O2. The summed E-state index contributed by atoms with van der Waals surface area (Å²) in [5, 5.41) is 8.91. The number of benzene rings is 3. The molecule has 0 fully saturated rings. The first-order chi connectivity index (χ1) is 13.7. The first-order valence-corrected chi connectivity index (χ1v) is 8.97. The van der Waals surface area contributed by atoms with Gasteiger partial charge in [0.15, 0.2) is 0 Å². The summed E-state index contributed by atoms with van der Waals surface area (Å²) in [5.74, 6) is -0.398. The molecule has 0 unspecified atom stereocenters. The molecule has 0 saturated carbocycles. The molecule has 2 amide bonds. The van der Waals surface area contributed by atoms with Gasteiger partial charge < -0.3 is 16.0 Å². The van der Waals surface area contributed by atoms with E-state index < -0.39 is 0 Å². The quantitative estimate of drug-likeness (QED) is 0.609. The maximum absolute atomic E-state index is 12.9. The Labute approximate surface area is 163 Å². The number of carbonyl (C=O) groups is 2. The smallest absolute Gasteiger partial charge is 0.258 e. The minimum Gasteiger partial charge on any atom is -0.355 e. The first kappa shape index (κ1) is 17.5. The molecule has 3 N–H and O–H groups in total. The summed E-state index contributed by atoms with van der Waals surface area (Å²) in [7, 11) is 1.59. The maximum Gasteiger partial charge on any atom is 0.258 e. The molecule has 3 aromatic rings. The van der Waals surface area contributed by atoms with Crippen LogP contribution >= 0.6 is 0 Å². The van der Waals surface area contributed by atoms with Crippen molar-refractivity contribution in [3.05, 3.63) is 95.6 Å². The molecule has 0 aliphatic carbocycles. The fraction of sp³-hybridized carbons (Fsp3) is 0.0435. The van der Waals surface area contributed by atoms with Gasteiger partial charge in [-0.05, 0) is 35.9 Å². The third kappa shape index (κ3) is 3.25. The highest BCUT2D eigenvalue weighted by Gasteiger charge is 2.29. The van der Waals surface area contributed by atoms with E-state index in [0.29, 0.717) is 28.1 Å². The van der Waals surface area contributed by atoms with Gasteiger partial charge in [0.25, 0.3) is 11.8 Å². The van der Waals surface area contributed by atoms with Gasteiger partial charge >= 0.3 is 0 Å². The maximum atomic E-state index is 12.9. The third-order valence-electron chi connectivity index (χ3n) is 4.61. The van der Waals surface area contributed by atoms with Crippen LogP contribution in [0.3, 0.4) is 0 Å². The third-order valence-corrected chi connectivity index (χ3v) is 4.61. The predicted molar refractivity (Wildman–Crippen MR) is 112 cm³/mol. The van der Waals surface area contributed by atoms with Gasteiger partial charge in [-0.2, -0.15) is 0 Å². The van der Waals surface area contributed by atoms with E-state index in [1.807, 2.05) is 60.7 Å². The van der Waals surface area contributed by atoms with Crippen LogP contribution in [-0.2, 0) is 4.79 Å². The van der Waals surface area contributed by atoms with Crippen molar-refractivity contribution in [2.24, 2.45) is 0 Å². The number of rotatable bonds is 4. The number of fused-ring (bicyclic) bond motifs is 1. The summed E-state index contributed by atoms with van der Waals surface area (Å²) in [6.45, 7) is 0. The molecule has 0 radical (unpaired) electrons. The number of nitrogens with one attached hydrogen (secondary N) is 3. The largest absolute Gasteiger partial charge is 0.355 e. The van der Waals surface area contributed by atoms with Crippen molar-refractivity contribution in [1.82, 2.24) is 5.32 Å². The van der Waals surface area contributed by atoms with Crippen LogP contribution in [0.4, 0.5) is 11.4 Å². The lowest BCUT2D eigenvalue weighted by Crippen LogP contribution is -2.17. The Balaban J connectivity index is 1.91. The second kappa shape index (κ2) is 7.40. The highest BCUT2D eigenvalue weighted by molar-refractivity contribution is 6.37. The molecule has 5 heteroatoms. The average Bonchev–Trinajstić information content (AvgIpc) is 3.07. The number of para-hydroxylation sites is 1. The van der Waals surface area contributed by atoms with Crippen molar-refractivity contribution < 1.29 is 9.59 Å². The zero-order valence-corrected chi connectivity index (χ0v) is 15.3. The SMILES string of the molecule is CNC(=O)c1ccc2c(c1)C(=C(Nc1ccccc1)c1ccccc1)C(=O)N2. The number of amides is 2. The Bertz CT molecular complexity index is 1070. The Morgan fingerprint density at radius 2 is 1.54 bits per heavy atom. The Morgan fingerprint density at radius 3 is 2.21 bits per heavy atom. The van der Waals surface area contributed by atoms with Crippen molar-refractivity contribution >= 4 is 34.5 Å². The van der Waals surface area contributed by atoms with Crippen LogP contribution in [0.25, 0.3) is 11.3 Å². The van der Waals surface area contributed by atoms with Gasteiger partial charge in [0.2, 0.25) is 0 Å². The standard InChI is InChI=1S/C23H19N3O2/c1-24-22(27)16-12-13-19-18(14-16)20(23(28)26-19)21(15-8-4-2-5-9-15)25-17-10-6-3-7-11-17/h2-14,25H,1H3,(H,24,27)(H,26,28). The number of hydrogen-bond acceptors (Lipinski definition) is 3. The van der Waals surface area contributed by atoms with Crippen LogP contribution in [-0.4, -0.2) is 18.9 Å². The van der Waals surface area contributed by atoms with Crippen LogP contribution in [0.15, 0.2) is 78.9 Å². The van der Waals surface area contributed by atoms with Crippen LogP contribution in [0, 0.1) is 0 Å². The lowest BCUT2D eigenvalue weighted by Gasteiger charge is -2.15. The molecule has 0 atom stereocenters. The highest BCUT2D eigenvalue weighted by atomic mass is 16.2. The van der Waals surface area contributed by atoms with Gasteiger partial charge in [0, 0.05) is 29.5 Å². The van der Waals surface area contributed by atoms with E-state index in [9.17, 15) is 9.59 Å². The molecule has 4 rings (SSSR count). The van der Waals surface area contributed by atoms with Crippen LogP contribution in [0.2, 0.25) is 0 Å². The zero-order valence-electron chi connectivity index (χ0n) is 15.3. The molecule has 3 aromatic carbocycles. The monoisotopic (exact) mass is 369 g/mol. The summed E-state index contributed by atoms with van der Waals surface area (Å²) in [4.78, 5) is 25.0. The van der Waals surface area contributed by atoms with E-state index >= 15 is 0 Å². The molecule has 1 aliphatic heterocycles. The van der Waals surface area contributed by atoms with Crippen molar-refractivity contribution in [3.8, 4) is 0 Å². The normalized spacial score (nSPS) is 14.1. The van der Waals surface area contributed by atoms with E-state index in [0.717, 1.165) is 11.3 Å². The Kier molecular flexibility index (Phi) is 4.64. The van der Waals surface area contributed by atoms with Gasteiger partial charge in [-0.15, -0.1) is 0 Å². The number of carbonyl (C=O) groups excluding carboxylic acids is 2. The molecule has 5 nitrogen and oxygen atoms in total. The van der Waals surface area contributed by atoms with Crippen LogP contribution in [0.5, 0.6) is 0 Å². The van der Waals surface area contributed by atoms with Gasteiger partial charge in [-0.3, -0.25) is 9.59 Å². The fourth-order valence-electron chi connectivity index (χ4n) is 3.25. The second-order valence-corrected chi connectivity index (χ2v) is 6.40. The Hall–Kier alpha value is -3.86. The molecule has 1 heterocycles. The minimum atomic E-state index is -0.202. The summed E-state index contributed by atoms with van der Waals surface area (Å²) in [6.07, 6.45) is 0. The van der Waals surface area contributed by atoms with Crippen molar-refractivity contribution in [2.75, 3.05) is 17.7 Å². The average molecular weight is 369 g/mol. The molecule has 0 bridgehead atoms. The topological polar surface area (TPSA) is 70.2 Å². The van der Waals surface area contributed by atoms with Crippen molar-refractivity contribution in [1.29, 1.82) is 0 Å². The number of hydrogen-bond donors (Lipinski definition) is 3. The molecule has 28 heavy (non-hydrogen) atoms. The molecule has 0 spiro atoms. The van der Waals surface area contributed by atoms with Gasteiger partial charge in [-0.25, -0.2) is 0 Å². The highest BCUT2D eigenvalue weighted by Crippen LogP contribution is 2.38. The van der Waals surface area contributed by atoms with E-state index in [2.05, 4.69) is 16.0 Å². The summed E-state index contributed by atoms with van der Waals surface area (Å²) >= 11 is 0. The predicted octanol–water partition coefficient (Wildman–Crippen LogP) is 3.98. The molecule has 0 saturated heterocycles. The molecule has 138 valence electrons. The van der Waals surface area contributed by atoms with Crippen molar-refractivity contribution in [2.45, 2.75) is 0 Å². The molecule has 0 aromatic heterocycles. The number of anilines is 2. The second-order valence-electron chi connectivity index (χ2n) is 6.40. The molecular weight excluding hydrogens is 350 g/mol. The fourth-order valence-corrected chi connectivity index (χ4v) is 3.25. The van der Waals surface area contributed by atoms with E-state index in [4.69, 9.17) is 0 Å². The van der Waals surface area contributed by atoms with Crippen LogP contribution < -0.4 is 16.0 Å². The molecule has 1 aliphatic rings. The summed E-state index contributed by atoms with van der Waals surface area (Å²) in [5.41, 5.74) is 4.85. The summed E-state index contributed by atoms with van der Waals surface area (Å²) in [6, 6.07) is 24.6. The zero-order chi connectivity index (χ0) is 19.5. The van der Waals surface area contributed by atoms with E-state index in [1.165, 1.54) is 0 Å². The van der Waals surface area contributed by atoms with Gasteiger partial charge in [0.1, 0.15) is 0 Å². The van der Waals surface area contributed by atoms with E-state index in [1.54, 1.807) is 25.2 Å². The first-order valence-electron chi connectivity index (χ1n) is 8.97. The lowest BCUT2D eigenvalue weighted by atomic mass is 9.98. The summed E-state index contributed by atoms with van der Waals surface area (Å²) < 4.78 is 0. The van der Waals surface area contributed by atoms with Gasteiger partial charge in [0.05, 0.1) is 11.3 Å². The van der Waals surface area contributed by atoms with Gasteiger partial charge in [-0.1, -0.05) is 48.5 Å². The van der Waals surface area contributed by atoms with E-state index in [-0.39, 0.29) is 11.8 Å². The van der Waals surface area contributed by atoms with Crippen molar-refractivity contribution in [3.63, 3.8) is 0 Å². The van der Waals surface area contributed by atoms with Crippen LogP contribution in [0.1, 0.15) is 21.5 Å².